The molecule has 0 atom stereocenters. The van der Waals surface area contributed by atoms with E-state index in [1.165, 1.54) is 24.9 Å². The van der Waals surface area contributed by atoms with Crippen LogP contribution in [0.4, 0.5) is 0 Å². The van der Waals surface area contributed by atoms with E-state index in [9.17, 15) is 4.79 Å². The summed E-state index contributed by atoms with van der Waals surface area (Å²) < 4.78 is 4.82. The van der Waals surface area contributed by atoms with Gasteiger partial charge in [0.1, 0.15) is 5.82 Å². The first-order chi connectivity index (χ1) is 8.66. The molecule has 4 heteroatoms. The van der Waals surface area contributed by atoms with Gasteiger partial charge in [0.05, 0.1) is 12.4 Å². The Kier molecular flexibility index (Phi) is 6.98. The van der Waals surface area contributed by atoms with Crippen LogP contribution in [-0.2, 0) is 10.2 Å². The van der Waals surface area contributed by atoms with Crippen molar-refractivity contribution in [1.29, 1.82) is 0 Å². The van der Waals surface area contributed by atoms with Gasteiger partial charge in [0, 0.05) is 12.3 Å². The first kappa shape index (κ1) is 17.3. The summed E-state index contributed by atoms with van der Waals surface area (Å²) in [6, 6.07) is 0. The average Bonchev–Trinajstić information content (AvgIpc) is 2.28. The molecule has 0 N–H and O–H groups in total. The van der Waals surface area contributed by atoms with Crippen molar-refractivity contribution in [2.45, 2.75) is 53.9 Å². The molecule has 0 fully saturated rings. The van der Waals surface area contributed by atoms with Crippen LogP contribution in [0.1, 0.15) is 54.3 Å². The maximum Gasteiger partial charge on any atom is 0.308 e. The fourth-order valence-corrected chi connectivity index (χ4v) is 0.922. The molecule has 0 bridgehead atoms. The summed E-state index contributed by atoms with van der Waals surface area (Å²) in [6.45, 7) is 13.6. The highest BCUT2D eigenvalue weighted by atomic mass is 16.5. The number of esters is 1. The van der Waals surface area contributed by atoms with Crippen molar-refractivity contribution in [3.05, 3.63) is 29.9 Å². The zero-order valence-electron chi connectivity index (χ0n) is 12.9. The molecule has 1 rings (SSSR count). The third-order valence-electron chi connectivity index (χ3n) is 2.14. The molecule has 1 aromatic heterocycles. The number of nitrogens with zero attached hydrogens (tertiary/aromatic N) is 2. The lowest BCUT2D eigenvalue weighted by atomic mass is 9.96. The van der Waals surface area contributed by atoms with Crippen molar-refractivity contribution >= 4 is 5.97 Å². The Balaban J connectivity index is 0.000000555. The number of aromatic nitrogens is 2. The van der Waals surface area contributed by atoms with Crippen molar-refractivity contribution in [2.24, 2.45) is 0 Å². The van der Waals surface area contributed by atoms with Gasteiger partial charge in [-0.1, -0.05) is 32.4 Å². The molecule has 1 heterocycles. The number of allylic oxidation sites excluding steroid dienone is 2. The molecule has 0 aliphatic heterocycles. The van der Waals surface area contributed by atoms with Gasteiger partial charge in [-0.15, -0.1) is 0 Å². The molecule has 0 saturated carbocycles. The average molecular weight is 264 g/mol. The number of hydrogen-bond donors (Lipinski definition) is 0. The van der Waals surface area contributed by atoms with Crippen LogP contribution in [-0.4, -0.2) is 15.9 Å². The quantitative estimate of drug-likeness (QED) is 0.573. The Bertz CT molecular complexity index is 424. The van der Waals surface area contributed by atoms with Crippen molar-refractivity contribution in [3.8, 4) is 5.75 Å². The van der Waals surface area contributed by atoms with Gasteiger partial charge in [-0.05, 0) is 20.8 Å². The summed E-state index contributed by atoms with van der Waals surface area (Å²) in [4.78, 5) is 18.8. The predicted octanol–water partition coefficient (Wildman–Crippen LogP) is 3.67. The molecule has 1 aromatic rings. The van der Waals surface area contributed by atoms with Crippen molar-refractivity contribution < 1.29 is 9.53 Å². The first-order valence-corrected chi connectivity index (χ1v) is 6.27. The maximum atomic E-state index is 10.6. The topological polar surface area (TPSA) is 52.1 Å². The molecule has 0 aromatic carbocycles. The van der Waals surface area contributed by atoms with Crippen molar-refractivity contribution in [2.75, 3.05) is 0 Å². The van der Waals surface area contributed by atoms with Gasteiger partial charge >= 0.3 is 5.97 Å². The molecule has 0 unspecified atom stereocenters. The smallest absolute Gasteiger partial charge is 0.308 e. The highest BCUT2D eigenvalue weighted by Crippen LogP contribution is 2.18. The fraction of sp³-hybridized carbons (Fsp3) is 0.533. The summed E-state index contributed by atoms with van der Waals surface area (Å²) >= 11 is 0. The number of hydrogen-bond acceptors (Lipinski definition) is 4. The van der Waals surface area contributed by atoms with E-state index in [2.05, 4.69) is 29.9 Å². The van der Waals surface area contributed by atoms with Gasteiger partial charge in [-0.2, -0.15) is 0 Å². The van der Waals surface area contributed by atoms with Gasteiger partial charge in [0.15, 0.2) is 5.75 Å². The minimum atomic E-state index is -0.364. The zero-order chi connectivity index (χ0) is 15.1. The van der Waals surface area contributed by atoms with Crippen LogP contribution in [0.3, 0.4) is 0 Å². The SMILES string of the molecule is CC(=O)Oc1cnc(C(C)(C)C)nc1.CC=C(C)C. The number of ether oxygens (including phenoxy) is 1. The second kappa shape index (κ2) is 7.67. The highest BCUT2D eigenvalue weighted by molar-refractivity contribution is 5.68. The molecule has 0 aliphatic rings. The van der Waals surface area contributed by atoms with E-state index in [1.807, 2.05) is 27.7 Å². The molecule has 4 nitrogen and oxygen atoms in total. The minimum Gasteiger partial charge on any atom is -0.423 e. The van der Waals surface area contributed by atoms with Crippen LogP contribution >= 0.6 is 0 Å². The van der Waals surface area contributed by atoms with Crippen LogP contribution in [0.15, 0.2) is 24.0 Å². The Morgan fingerprint density at radius 2 is 1.58 bits per heavy atom. The monoisotopic (exact) mass is 264 g/mol. The lowest BCUT2D eigenvalue weighted by Gasteiger charge is -2.15. The summed E-state index contributed by atoms with van der Waals surface area (Å²) in [5.41, 5.74) is 1.29. The van der Waals surface area contributed by atoms with Crippen LogP contribution in [0.25, 0.3) is 0 Å². The molecule has 0 radical (unpaired) electrons. The molecule has 106 valence electrons. The highest BCUT2D eigenvalue weighted by Gasteiger charge is 2.16. The van der Waals surface area contributed by atoms with E-state index in [-0.39, 0.29) is 11.4 Å². The maximum absolute atomic E-state index is 10.6. The van der Waals surface area contributed by atoms with E-state index in [0.717, 1.165) is 5.82 Å². The van der Waals surface area contributed by atoms with E-state index >= 15 is 0 Å². The van der Waals surface area contributed by atoms with Crippen molar-refractivity contribution in [3.63, 3.8) is 0 Å². The van der Waals surface area contributed by atoms with Gasteiger partial charge < -0.3 is 4.74 Å². The van der Waals surface area contributed by atoms with E-state index in [0.29, 0.717) is 5.75 Å². The second-order valence-corrected chi connectivity index (χ2v) is 5.45. The largest absolute Gasteiger partial charge is 0.423 e. The van der Waals surface area contributed by atoms with Crippen LogP contribution < -0.4 is 4.74 Å². The van der Waals surface area contributed by atoms with Gasteiger partial charge in [0.25, 0.3) is 0 Å². The third kappa shape index (κ3) is 8.08. The summed E-state index contributed by atoms with van der Waals surface area (Å²) in [7, 11) is 0. The number of carbonyl (C=O) groups excluding carboxylic acids is 1. The van der Waals surface area contributed by atoms with Gasteiger partial charge in [-0.25, -0.2) is 9.97 Å². The zero-order valence-corrected chi connectivity index (χ0v) is 12.9. The predicted molar refractivity (Wildman–Crippen MR) is 77.1 cm³/mol. The summed E-state index contributed by atoms with van der Waals surface area (Å²) in [6.07, 6.45) is 5.10. The molecular formula is C15H24N2O2. The lowest BCUT2D eigenvalue weighted by molar-refractivity contribution is -0.131. The number of carbonyl (C=O) groups is 1. The summed E-state index contributed by atoms with van der Waals surface area (Å²) in [5.74, 6) is 0.746. The van der Waals surface area contributed by atoms with Crippen LogP contribution in [0.5, 0.6) is 5.75 Å². The summed E-state index contributed by atoms with van der Waals surface area (Å²) in [5, 5.41) is 0. The molecule has 0 aliphatic carbocycles. The Morgan fingerprint density at radius 3 is 1.84 bits per heavy atom. The number of rotatable bonds is 1. The van der Waals surface area contributed by atoms with Crippen molar-refractivity contribution in [1.82, 2.24) is 9.97 Å². The molecule has 0 spiro atoms. The van der Waals surface area contributed by atoms with Gasteiger partial charge in [0.2, 0.25) is 0 Å². The molecule has 0 amide bonds. The Hall–Kier alpha value is -1.71. The first-order valence-electron chi connectivity index (χ1n) is 6.27. The normalized spacial score (nSPS) is 10.1. The third-order valence-corrected chi connectivity index (χ3v) is 2.14. The minimum absolute atomic E-state index is 0.0885. The standard InChI is InChI=1S/C10H14N2O2.C5H10/c1-7(13)14-8-5-11-9(12-6-8)10(2,3)4;1-4-5(2)3/h5-6H,1-4H3;4H,1-3H3. The second-order valence-electron chi connectivity index (χ2n) is 5.45. The molecule has 0 saturated heterocycles. The molecular weight excluding hydrogens is 240 g/mol. The van der Waals surface area contributed by atoms with Crippen LogP contribution in [0, 0.1) is 0 Å². The lowest BCUT2D eigenvalue weighted by Crippen LogP contribution is -2.15. The van der Waals surface area contributed by atoms with E-state index in [1.54, 1.807) is 0 Å². The van der Waals surface area contributed by atoms with Gasteiger partial charge in [-0.3, -0.25) is 4.79 Å². The fourth-order valence-electron chi connectivity index (χ4n) is 0.922. The Labute approximate surface area is 115 Å². The van der Waals surface area contributed by atoms with E-state index in [4.69, 9.17) is 4.74 Å². The molecule has 19 heavy (non-hydrogen) atoms. The van der Waals surface area contributed by atoms with E-state index < -0.39 is 0 Å². The van der Waals surface area contributed by atoms with Crippen LogP contribution in [0.2, 0.25) is 0 Å². The Morgan fingerprint density at radius 1 is 1.16 bits per heavy atom.